The Labute approximate surface area is 105 Å². The van der Waals surface area contributed by atoms with Gasteiger partial charge in [0.15, 0.2) is 0 Å². The molecule has 0 amide bonds. The number of aliphatic hydroxyl groups is 1. The smallest absolute Gasteiger partial charge is 0.103 e. The van der Waals surface area contributed by atoms with E-state index in [2.05, 4.69) is 20.8 Å². The average molecular weight is 238 g/mol. The Morgan fingerprint density at radius 3 is 2.47 bits per heavy atom. The molecule has 3 aliphatic rings. The van der Waals surface area contributed by atoms with Crippen LogP contribution in [0.15, 0.2) is 0 Å². The maximum atomic E-state index is 10.9. The minimum absolute atomic E-state index is 0.0565. The fourth-order valence-electron chi connectivity index (χ4n) is 5.01. The average Bonchev–Trinajstić information content (AvgIpc) is 2.42. The number of hydrogen-bond donors (Lipinski definition) is 1. The zero-order valence-corrected chi connectivity index (χ0v) is 11.7. The molecule has 2 nitrogen and oxygen atoms in total. The SMILES string of the molecule is CC1(C)O[C@]23C[C@H]1CC[C@]2(C)CCC[C@@]3(C)O. The molecule has 1 spiro atoms. The minimum atomic E-state index is -0.646. The largest absolute Gasteiger partial charge is 0.387 e. The Morgan fingerprint density at radius 1 is 1.06 bits per heavy atom. The fourth-order valence-corrected chi connectivity index (χ4v) is 5.01. The predicted molar refractivity (Wildman–Crippen MR) is 67.8 cm³/mol. The second-order valence-corrected chi connectivity index (χ2v) is 7.66. The van der Waals surface area contributed by atoms with Crippen LogP contribution in [0.4, 0.5) is 0 Å². The molecule has 2 aliphatic carbocycles. The molecule has 2 saturated carbocycles. The van der Waals surface area contributed by atoms with E-state index in [0.29, 0.717) is 5.92 Å². The molecule has 3 fully saturated rings. The first-order valence-corrected chi connectivity index (χ1v) is 7.15. The van der Waals surface area contributed by atoms with Crippen LogP contribution >= 0.6 is 0 Å². The van der Waals surface area contributed by atoms with Crippen LogP contribution < -0.4 is 0 Å². The summed E-state index contributed by atoms with van der Waals surface area (Å²) >= 11 is 0. The Balaban J connectivity index is 2.10. The first-order chi connectivity index (χ1) is 7.73. The molecule has 1 saturated heterocycles. The van der Waals surface area contributed by atoms with Crippen molar-refractivity contribution in [3.8, 4) is 0 Å². The van der Waals surface area contributed by atoms with Gasteiger partial charge in [-0.15, -0.1) is 0 Å². The van der Waals surface area contributed by atoms with Crippen molar-refractivity contribution < 1.29 is 9.84 Å². The van der Waals surface area contributed by atoms with E-state index in [4.69, 9.17) is 4.74 Å². The third-order valence-corrected chi connectivity index (χ3v) is 6.24. The lowest BCUT2D eigenvalue weighted by Crippen LogP contribution is -2.65. The maximum Gasteiger partial charge on any atom is 0.103 e. The van der Waals surface area contributed by atoms with Crippen molar-refractivity contribution >= 4 is 0 Å². The summed E-state index contributed by atoms with van der Waals surface area (Å²) in [5.41, 5.74) is -0.810. The summed E-state index contributed by atoms with van der Waals surface area (Å²) in [6.07, 6.45) is 6.79. The molecule has 0 unspecified atom stereocenters. The maximum absolute atomic E-state index is 10.9. The molecule has 3 rings (SSSR count). The van der Waals surface area contributed by atoms with Crippen LogP contribution in [0.1, 0.15) is 66.2 Å². The highest BCUT2D eigenvalue weighted by molar-refractivity contribution is 5.19. The predicted octanol–water partition coefficient (Wildman–Crippen LogP) is 3.28. The lowest BCUT2D eigenvalue weighted by molar-refractivity contribution is -0.259. The summed E-state index contributed by atoms with van der Waals surface area (Å²) in [5.74, 6) is 0.625. The summed E-state index contributed by atoms with van der Waals surface area (Å²) in [6.45, 7) is 8.78. The van der Waals surface area contributed by atoms with Gasteiger partial charge in [0.25, 0.3) is 0 Å². The topological polar surface area (TPSA) is 29.5 Å². The standard InChI is InChI=1S/C15H26O2/c1-12(2)11-6-9-13(3)7-5-8-14(4,16)15(13,10-11)17-12/h11,16H,5-10H2,1-4H3/t11-,13+,14-,15-/m1/s1. The van der Waals surface area contributed by atoms with E-state index in [9.17, 15) is 5.11 Å². The molecule has 17 heavy (non-hydrogen) atoms. The normalized spacial score (nSPS) is 56.6. The molecular weight excluding hydrogens is 212 g/mol. The van der Waals surface area contributed by atoms with E-state index in [1.807, 2.05) is 6.92 Å². The second kappa shape index (κ2) is 3.08. The van der Waals surface area contributed by atoms with E-state index in [1.165, 1.54) is 19.3 Å². The summed E-state index contributed by atoms with van der Waals surface area (Å²) in [5, 5.41) is 10.9. The Kier molecular flexibility index (Phi) is 2.17. The molecule has 0 radical (unpaired) electrons. The van der Waals surface area contributed by atoms with Crippen LogP contribution in [0.5, 0.6) is 0 Å². The van der Waals surface area contributed by atoms with Gasteiger partial charge in [-0.25, -0.2) is 0 Å². The summed E-state index contributed by atoms with van der Waals surface area (Å²) < 4.78 is 6.53. The molecule has 1 aliphatic heterocycles. The van der Waals surface area contributed by atoms with Gasteiger partial charge in [-0.3, -0.25) is 0 Å². The minimum Gasteiger partial charge on any atom is -0.387 e. The van der Waals surface area contributed by atoms with Gasteiger partial charge in [0.05, 0.1) is 11.2 Å². The van der Waals surface area contributed by atoms with Crippen molar-refractivity contribution in [2.75, 3.05) is 0 Å². The quantitative estimate of drug-likeness (QED) is 0.702. The molecule has 0 aromatic rings. The lowest BCUT2D eigenvalue weighted by atomic mass is 9.51. The Morgan fingerprint density at radius 2 is 1.76 bits per heavy atom. The van der Waals surface area contributed by atoms with Crippen molar-refractivity contribution in [2.45, 2.75) is 83.0 Å². The van der Waals surface area contributed by atoms with Gasteiger partial charge in [-0.2, -0.15) is 0 Å². The number of fused-ring (bicyclic) bond motifs is 1. The van der Waals surface area contributed by atoms with Gasteiger partial charge in [0.2, 0.25) is 0 Å². The molecule has 4 atom stereocenters. The fraction of sp³-hybridized carbons (Fsp3) is 1.00. The van der Waals surface area contributed by atoms with E-state index < -0.39 is 5.60 Å². The second-order valence-electron chi connectivity index (χ2n) is 7.66. The number of rotatable bonds is 0. The van der Waals surface area contributed by atoms with Gasteiger partial charge < -0.3 is 9.84 Å². The third-order valence-electron chi connectivity index (χ3n) is 6.24. The molecular formula is C15H26O2. The lowest BCUT2D eigenvalue weighted by Gasteiger charge is -2.58. The zero-order chi connectivity index (χ0) is 12.5. The van der Waals surface area contributed by atoms with Crippen molar-refractivity contribution in [3.05, 3.63) is 0 Å². The highest BCUT2D eigenvalue weighted by Gasteiger charge is 2.70. The van der Waals surface area contributed by atoms with Crippen LogP contribution in [-0.4, -0.2) is 21.9 Å². The highest BCUT2D eigenvalue weighted by atomic mass is 16.5. The van der Waals surface area contributed by atoms with Gasteiger partial charge in [-0.05, 0) is 70.6 Å². The molecule has 0 aromatic carbocycles. The molecule has 2 heteroatoms. The molecule has 2 bridgehead atoms. The van der Waals surface area contributed by atoms with Crippen LogP contribution in [0.25, 0.3) is 0 Å². The number of ether oxygens (including phenoxy) is 1. The van der Waals surface area contributed by atoms with E-state index in [0.717, 1.165) is 19.3 Å². The van der Waals surface area contributed by atoms with Crippen molar-refractivity contribution in [1.82, 2.24) is 0 Å². The van der Waals surface area contributed by atoms with E-state index in [1.54, 1.807) is 0 Å². The van der Waals surface area contributed by atoms with Crippen LogP contribution in [0.3, 0.4) is 0 Å². The Bertz CT molecular complexity index is 347. The third kappa shape index (κ3) is 1.29. The van der Waals surface area contributed by atoms with Gasteiger partial charge in [0, 0.05) is 0 Å². The summed E-state index contributed by atoms with van der Waals surface area (Å²) in [4.78, 5) is 0. The van der Waals surface area contributed by atoms with Gasteiger partial charge in [0.1, 0.15) is 5.60 Å². The first-order valence-electron chi connectivity index (χ1n) is 7.15. The van der Waals surface area contributed by atoms with Crippen LogP contribution in [0, 0.1) is 11.3 Å². The number of hydrogen-bond acceptors (Lipinski definition) is 2. The summed E-state index contributed by atoms with van der Waals surface area (Å²) in [7, 11) is 0. The summed E-state index contributed by atoms with van der Waals surface area (Å²) in [6, 6.07) is 0. The van der Waals surface area contributed by atoms with Crippen molar-refractivity contribution in [1.29, 1.82) is 0 Å². The first kappa shape index (κ1) is 12.0. The molecule has 0 aromatic heterocycles. The van der Waals surface area contributed by atoms with Crippen LogP contribution in [0.2, 0.25) is 0 Å². The Hall–Kier alpha value is -0.0800. The molecule has 98 valence electrons. The van der Waals surface area contributed by atoms with Crippen molar-refractivity contribution in [3.63, 3.8) is 0 Å². The van der Waals surface area contributed by atoms with Crippen molar-refractivity contribution in [2.24, 2.45) is 11.3 Å². The van der Waals surface area contributed by atoms with E-state index >= 15 is 0 Å². The monoisotopic (exact) mass is 238 g/mol. The van der Waals surface area contributed by atoms with Gasteiger partial charge in [-0.1, -0.05) is 6.92 Å². The molecule has 1 heterocycles. The zero-order valence-electron chi connectivity index (χ0n) is 11.7. The van der Waals surface area contributed by atoms with E-state index in [-0.39, 0.29) is 16.6 Å². The highest BCUT2D eigenvalue weighted by Crippen LogP contribution is 2.66. The van der Waals surface area contributed by atoms with Crippen LogP contribution in [-0.2, 0) is 4.74 Å². The molecule has 1 N–H and O–H groups in total. The van der Waals surface area contributed by atoms with Gasteiger partial charge >= 0.3 is 0 Å².